The van der Waals surface area contributed by atoms with Crippen molar-refractivity contribution < 1.29 is 0 Å². The molecule has 0 unspecified atom stereocenters. The highest BCUT2D eigenvalue weighted by Crippen LogP contribution is 2.07. The van der Waals surface area contributed by atoms with Gasteiger partial charge in [0.15, 0.2) is 0 Å². The van der Waals surface area contributed by atoms with E-state index in [0.29, 0.717) is 5.88 Å². The normalized spacial score (nSPS) is 9.90. The summed E-state index contributed by atoms with van der Waals surface area (Å²) in [6.07, 6.45) is 0. The molecular weight excluding hydrogens is 146 g/mol. The number of hydrogen-bond acceptors (Lipinski definition) is 1. The molecule has 0 aliphatic rings. The monoisotopic (exact) mass is 155 g/mol. The van der Waals surface area contributed by atoms with Crippen LogP contribution in [0.2, 0.25) is 0 Å². The third-order valence-electron chi connectivity index (χ3n) is 1.47. The zero-order valence-electron chi connectivity index (χ0n) is 6.19. The standard InChI is InChI=1S/C8H10ClN/c1-6-3-4-7(2)10-8(6)5-9/h3-4H,5H2,1-2H3. The first kappa shape index (κ1) is 7.55. The lowest BCUT2D eigenvalue weighted by Gasteiger charge is -2.00. The molecule has 1 nitrogen and oxygen atoms in total. The molecule has 1 aromatic heterocycles. The van der Waals surface area contributed by atoms with E-state index in [9.17, 15) is 0 Å². The summed E-state index contributed by atoms with van der Waals surface area (Å²) in [5.41, 5.74) is 3.18. The Bertz CT molecular complexity index is 233. The van der Waals surface area contributed by atoms with Gasteiger partial charge in [-0.3, -0.25) is 4.98 Å². The molecule has 1 aromatic rings. The minimum Gasteiger partial charge on any atom is -0.257 e. The van der Waals surface area contributed by atoms with Gasteiger partial charge in [0.1, 0.15) is 0 Å². The Labute approximate surface area is 66.0 Å². The molecule has 0 atom stereocenters. The molecule has 0 aliphatic heterocycles. The molecule has 0 aromatic carbocycles. The third-order valence-corrected chi connectivity index (χ3v) is 1.72. The molecule has 0 N–H and O–H groups in total. The van der Waals surface area contributed by atoms with Gasteiger partial charge in [-0.2, -0.15) is 0 Å². The maximum absolute atomic E-state index is 5.64. The van der Waals surface area contributed by atoms with E-state index in [4.69, 9.17) is 11.6 Å². The predicted octanol–water partition coefficient (Wildman–Crippen LogP) is 2.44. The Kier molecular flexibility index (Phi) is 2.28. The lowest BCUT2D eigenvalue weighted by molar-refractivity contribution is 1.07. The Hall–Kier alpha value is -0.560. The molecular formula is C8H10ClN. The van der Waals surface area contributed by atoms with Crippen LogP contribution in [-0.2, 0) is 5.88 Å². The highest BCUT2D eigenvalue weighted by atomic mass is 35.5. The van der Waals surface area contributed by atoms with Crippen LogP contribution in [0.15, 0.2) is 12.1 Å². The van der Waals surface area contributed by atoms with Crippen molar-refractivity contribution in [1.82, 2.24) is 4.98 Å². The smallest absolute Gasteiger partial charge is 0.0650 e. The molecule has 0 saturated heterocycles. The average molecular weight is 156 g/mol. The van der Waals surface area contributed by atoms with Crippen molar-refractivity contribution in [3.05, 3.63) is 29.1 Å². The Morgan fingerprint density at radius 2 is 2.10 bits per heavy atom. The molecule has 1 heterocycles. The van der Waals surface area contributed by atoms with Crippen molar-refractivity contribution in [3.63, 3.8) is 0 Å². The predicted molar refractivity (Wildman–Crippen MR) is 43.3 cm³/mol. The van der Waals surface area contributed by atoms with Crippen LogP contribution in [0.5, 0.6) is 0 Å². The highest BCUT2D eigenvalue weighted by molar-refractivity contribution is 6.16. The van der Waals surface area contributed by atoms with E-state index < -0.39 is 0 Å². The number of aromatic nitrogens is 1. The topological polar surface area (TPSA) is 12.9 Å². The van der Waals surface area contributed by atoms with Gasteiger partial charge in [0, 0.05) is 5.69 Å². The van der Waals surface area contributed by atoms with Crippen LogP contribution in [0.25, 0.3) is 0 Å². The number of aryl methyl sites for hydroxylation is 2. The van der Waals surface area contributed by atoms with Crippen LogP contribution in [0.3, 0.4) is 0 Å². The Balaban J connectivity index is 3.09. The van der Waals surface area contributed by atoms with Gasteiger partial charge in [-0.25, -0.2) is 0 Å². The number of pyridine rings is 1. The Morgan fingerprint density at radius 1 is 1.40 bits per heavy atom. The molecule has 0 saturated carbocycles. The molecule has 0 fully saturated rings. The molecule has 10 heavy (non-hydrogen) atoms. The fourth-order valence-corrected chi connectivity index (χ4v) is 1.09. The second-order valence-electron chi connectivity index (χ2n) is 2.35. The summed E-state index contributed by atoms with van der Waals surface area (Å²) in [5, 5.41) is 0. The van der Waals surface area contributed by atoms with Gasteiger partial charge < -0.3 is 0 Å². The summed E-state index contributed by atoms with van der Waals surface area (Å²) in [7, 11) is 0. The van der Waals surface area contributed by atoms with E-state index in [1.807, 2.05) is 26.0 Å². The van der Waals surface area contributed by atoms with Crippen molar-refractivity contribution in [3.8, 4) is 0 Å². The molecule has 0 bridgehead atoms. The van der Waals surface area contributed by atoms with Crippen molar-refractivity contribution in [2.24, 2.45) is 0 Å². The second-order valence-corrected chi connectivity index (χ2v) is 2.62. The lowest BCUT2D eigenvalue weighted by Crippen LogP contribution is -1.91. The lowest BCUT2D eigenvalue weighted by atomic mass is 10.2. The molecule has 1 rings (SSSR count). The fraction of sp³-hybridized carbons (Fsp3) is 0.375. The maximum Gasteiger partial charge on any atom is 0.0650 e. The van der Waals surface area contributed by atoms with E-state index in [0.717, 1.165) is 11.4 Å². The van der Waals surface area contributed by atoms with Gasteiger partial charge in [0.25, 0.3) is 0 Å². The van der Waals surface area contributed by atoms with Gasteiger partial charge in [0.05, 0.1) is 11.6 Å². The maximum atomic E-state index is 5.64. The van der Waals surface area contributed by atoms with E-state index >= 15 is 0 Å². The van der Waals surface area contributed by atoms with Gasteiger partial charge in [-0.1, -0.05) is 6.07 Å². The Morgan fingerprint density at radius 3 is 2.60 bits per heavy atom. The van der Waals surface area contributed by atoms with Crippen LogP contribution in [0.4, 0.5) is 0 Å². The minimum atomic E-state index is 0.507. The molecule has 0 spiro atoms. The van der Waals surface area contributed by atoms with Crippen LogP contribution in [0.1, 0.15) is 17.0 Å². The summed E-state index contributed by atoms with van der Waals surface area (Å²) in [4.78, 5) is 4.26. The highest BCUT2D eigenvalue weighted by Gasteiger charge is 1.96. The van der Waals surface area contributed by atoms with Crippen LogP contribution in [0, 0.1) is 13.8 Å². The summed E-state index contributed by atoms with van der Waals surface area (Å²) in [6, 6.07) is 4.03. The molecule has 0 radical (unpaired) electrons. The number of rotatable bonds is 1. The third kappa shape index (κ3) is 1.48. The molecule has 0 amide bonds. The summed E-state index contributed by atoms with van der Waals surface area (Å²) >= 11 is 5.64. The van der Waals surface area contributed by atoms with Crippen molar-refractivity contribution in [2.75, 3.05) is 0 Å². The van der Waals surface area contributed by atoms with Crippen LogP contribution < -0.4 is 0 Å². The average Bonchev–Trinajstić information content (AvgIpc) is 1.94. The fourth-order valence-electron chi connectivity index (χ4n) is 0.815. The van der Waals surface area contributed by atoms with E-state index in [1.54, 1.807) is 0 Å². The van der Waals surface area contributed by atoms with Crippen molar-refractivity contribution in [1.29, 1.82) is 0 Å². The van der Waals surface area contributed by atoms with Crippen LogP contribution in [-0.4, -0.2) is 4.98 Å². The van der Waals surface area contributed by atoms with Gasteiger partial charge in [-0.15, -0.1) is 11.6 Å². The minimum absolute atomic E-state index is 0.507. The first-order valence-electron chi connectivity index (χ1n) is 3.23. The van der Waals surface area contributed by atoms with E-state index in [2.05, 4.69) is 4.98 Å². The van der Waals surface area contributed by atoms with E-state index in [-0.39, 0.29) is 0 Å². The first-order chi connectivity index (χ1) is 4.74. The largest absolute Gasteiger partial charge is 0.257 e. The van der Waals surface area contributed by atoms with Gasteiger partial charge >= 0.3 is 0 Å². The number of alkyl halides is 1. The van der Waals surface area contributed by atoms with Gasteiger partial charge in [-0.05, 0) is 25.5 Å². The summed E-state index contributed by atoms with van der Waals surface area (Å²) < 4.78 is 0. The van der Waals surface area contributed by atoms with Crippen molar-refractivity contribution >= 4 is 11.6 Å². The first-order valence-corrected chi connectivity index (χ1v) is 3.76. The zero-order chi connectivity index (χ0) is 7.56. The second kappa shape index (κ2) is 3.02. The number of nitrogens with zero attached hydrogens (tertiary/aromatic N) is 1. The zero-order valence-corrected chi connectivity index (χ0v) is 6.94. The summed E-state index contributed by atoms with van der Waals surface area (Å²) in [6.45, 7) is 3.99. The van der Waals surface area contributed by atoms with Gasteiger partial charge in [0.2, 0.25) is 0 Å². The quantitative estimate of drug-likeness (QED) is 0.568. The van der Waals surface area contributed by atoms with Crippen LogP contribution >= 0.6 is 11.6 Å². The summed E-state index contributed by atoms with van der Waals surface area (Å²) in [5.74, 6) is 0.507. The number of hydrogen-bond donors (Lipinski definition) is 0. The molecule has 0 aliphatic carbocycles. The number of halogens is 1. The van der Waals surface area contributed by atoms with Crippen molar-refractivity contribution in [2.45, 2.75) is 19.7 Å². The molecule has 2 heteroatoms. The molecule has 54 valence electrons. The SMILES string of the molecule is Cc1ccc(C)c(CCl)n1. The van der Waals surface area contributed by atoms with E-state index in [1.165, 1.54) is 5.56 Å².